The number of benzene rings is 1. The topological polar surface area (TPSA) is 29.1 Å². The molecular formula is C13H17Cl2NO. The molecule has 1 aromatic rings. The third kappa shape index (κ3) is 2.49. The van der Waals surface area contributed by atoms with Crippen LogP contribution in [0.3, 0.4) is 0 Å². The van der Waals surface area contributed by atoms with Crippen LogP contribution in [0.5, 0.6) is 0 Å². The third-order valence-electron chi connectivity index (χ3n) is 3.16. The molecule has 1 N–H and O–H groups in total. The molecule has 0 heterocycles. The van der Waals surface area contributed by atoms with Crippen LogP contribution in [0.2, 0.25) is 5.02 Å². The second-order valence-electron chi connectivity index (χ2n) is 3.99. The van der Waals surface area contributed by atoms with E-state index >= 15 is 0 Å². The molecule has 1 aromatic carbocycles. The van der Waals surface area contributed by atoms with E-state index in [1.54, 1.807) is 25.2 Å². The number of hydrogen-bond acceptors (Lipinski definition) is 2. The molecular weight excluding hydrogens is 257 g/mol. The summed E-state index contributed by atoms with van der Waals surface area (Å²) in [5.74, 6) is -0.420. The number of hydrogen-bond donors (Lipinski definition) is 1. The van der Waals surface area contributed by atoms with Crippen molar-refractivity contribution in [3.8, 4) is 0 Å². The Morgan fingerprint density at radius 3 is 2.76 bits per heavy atom. The maximum absolute atomic E-state index is 12.5. The highest BCUT2D eigenvalue weighted by Crippen LogP contribution is 2.37. The first-order valence-electron chi connectivity index (χ1n) is 6.43. The highest BCUT2D eigenvalue weighted by Gasteiger charge is 2.40. The zero-order chi connectivity index (χ0) is 13.4. The van der Waals surface area contributed by atoms with Crippen LogP contribution in [0.4, 0.5) is 0 Å². The molecule has 0 spiro atoms. The molecule has 94 valence electrons. The van der Waals surface area contributed by atoms with Crippen LogP contribution in [0.1, 0.15) is 33.9 Å². The Hall–Kier alpha value is -0.570. The average Bonchev–Trinajstić information content (AvgIpc) is 2.34. The molecule has 4 heteroatoms. The van der Waals surface area contributed by atoms with E-state index in [0.717, 1.165) is 0 Å². The lowest BCUT2D eigenvalue weighted by atomic mass is 9.75. The predicted octanol–water partition coefficient (Wildman–Crippen LogP) is 3.32. The average molecular weight is 276 g/mol. The van der Waals surface area contributed by atoms with Gasteiger partial charge in [-0.3, -0.25) is 4.79 Å². The molecule has 1 atom stereocenters. The molecule has 1 aliphatic rings. The minimum Gasteiger partial charge on any atom is -0.304 e. The first kappa shape index (κ1) is 11.5. The summed E-state index contributed by atoms with van der Waals surface area (Å²) in [6.45, 7) is 0. The van der Waals surface area contributed by atoms with Crippen molar-refractivity contribution in [2.45, 2.75) is 31.2 Å². The second kappa shape index (κ2) is 5.85. The number of nitrogens with one attached hydrogen (secondary N) is 1. The van der Waals surface area contributed by atoms with Crippen molar-refractivity contribution in [3.05, 3.63) is 34.9 Å². The van der Waals surface area contributed by atoms with E-state index in [4.69, 9.17) is 14.3 Å². The Morgan fingerprint density at radius 1 is 1.41 bits per heavy atom. The zero-order valence-corrected chi connectivity index (χ0v) is 11.2. The SMILES string of the molecule is Cl.[2H]C1([2H])CCCC(NC)(c2ccccc2Cl)C1=O. The van der Waals surface area contributed by atoms with Crippen LogP contribution in [0.25, 0.3) is 0 Å². The Balaban J connectivity index is 0.00000180. The summed E-state index contributed by atoms with van der Waals surface area (Å²) in [5.41, 5.74) is -0.331. The summed E-state index contributed by atoms with van der Waals surface area (Å²) in [7, 11) is 1.68. The van der Waals surface area contributed by atoms with Gasteiger partial charge >= 0.3 is 0 Å². The van der Waals surface area contributed by atoms with Gasteiger partial charge in [0, 0.05) is 14.1 Å². The lowest BCUT2D eigenvalue weighted by Crippen LogP contribution is -2.49. The quantitative estimate of drug-likeness (QED) is 0.897. The number of rotatable bonds is 2. The van der Waals surface area contributed by atoms with Crippen molar-refractivity contribution < 1.29 is 7.54 Å². The summed E-state index contributed by atoms with van der Waals surface area (Å²) in [6, 6.07) is 7.14. The van der Waals surface area contributed by atoms with Gasteiger partial charge in [0.15, 0.2) is 5.78 Å². The Morgan fingerprint density at radius 2 is 2.12 bits per heavy atom. The number of carbonyl (C=O) groups is 1. The van der Waals surface area contributed by atoms with Gasteiger partial charge in [-0.1, -0.05) is 36.2 Å². The fraction of sp³-hybridized carbons (Fsp3) is 0.462. The molecule has 0 aliphatic heterocycles. The largest absolute Gasteiger partial charge is 0.304 e. The van der Waals surface area contributed by atoms with E-state index in [1.165, 1.54) is 0 Å². The number of ketones is 1. The van der Waals surface area contributed by atoms with Crippen molar-refractivity contribution >= 4 is 29.8 Å². The van der Waals surface area contributed by atoms with E-state index in [0.29, 0.717) is 23.4 Å². The van der Waals surface area contributed by atoms with E-state index in [1.807, 2.05) is 6.07 Å². The summed E-state index contributed by atoms with van der Waals surface area (Å²) in [5, 5.41) is 3.50. The number of halogens is 2. The fourth-order valence-electron chi connectivity index (χ4n) is 2.26. The van der Waals surface area contributed by atoms with Crippen molar-refractivity contribution in [1.82, 2.24) is 5.32 Å². The van der Waals surface area contributed by atoms with Gasteiger partial charge in [0.1, 0.15) is 5.54 Å². The van der Waals surface area contributed by atoms with Gasteiger partial charge in [-0.05, 0) is 31.5 Å². The molecule has 1 fully saturated rings. The molecule has 1 saturated carbocycles. The van der Waals surface area contributed by atoms with E-state index in [2.05, 4.69) is 5.32 Å². The van der Waals surface area contributed by atoms with Crippen LogP contribution in [0.15, 0.2) is 24.3 Å². The molecule has 2 nitrogen and oxygen atoms in total. The van der Waals surface area contributed by atoms with Crippen LogP contribution in [-0.2, 0) is 10.3 Å². The summed E-state index contributed by atoms with van der Waals surface area (Å²) >= 11 is 6.17. The maximum Gasteiger partial charge on any atom is 0.157 e. The van der Waals surface area contributed by atoms with E-state index in [9.17, 15) is 4.79 Å². The minimum atomic E-state index is -1.79. The Bertz CT molecular complexity index is 481. The molecule has 0 saturated heterocycles. The van der Waals surface area contributed by atoms with Gasteiger partial charge in [-0.15, -0.1) is 12.4 Å². The standard InChI is InChI=1S/C13H16ClNO.ClH/c1-15-13(9-5-4-8-12(13)16)10-6-2-3-7-11(10)14;/h2-3,6-7,15H,4-5,8-9H2,1H3;1H/i8D2;. The lowest BCUT2D eigenvalue weighted by Gasteiger charge is -2.36. The van der Waals surface area contributed by atoms with Gasteiger partial charge in [0.05, 0.1) is 0 Å². The van der Waals surface area contributed by atoms with Gasteiger partial charge in [0.25, 0.3) is 0 Å². The monoisotopic (exact) mass is 275 g/mol. The van der Waals surface area contributed by atoms with Crippen LogP contribution >= 0.6 is 24.0 Å². The Kier molecular flexibility index (Phi) is 3.96. The van der Waals surface area contributed by atoms with Gasteiger partial charge in [-0.2, -0.15) is 0 Å². The number of likely N-dealkylation sites (N-methyl/N-ethyl adjacent to an activating group) is 1. The maximum atomic E-state index is 12.5. The molecule has 1 unspecified atom stereocenters. The number of carbonyl (C=O) groups excluding carboxylic acids is 1. The molecule has 0 radical (unpaired) electrons. The first-order chi connectivity index (χ1) is 8.44. The van der Waals surface area contributed by atoms with Gasteiger partial charge in [-0.25, -0.2) is 0 Å². The summed E-state index contributed by atoms with van der Waals surface area (Å²) < 4.78 is 15.7. The minimum absolute atomic E-state index is 0. The molecule has 2 rings (SSSR count). The van der Waals surface area contributed by atoms with E-state index in [-0.39, 0.29) is 18.8 Å². The van der Waals surface area contributed by atoms with Crippen molar-refractivity contribution in [3.63, 3.8) is 0 Å². The first-order valence-corrected chi connectivity index (χ1v) is 5.81. The van der Waals surface area contributed by atoms with E-state index < -0.39 is 17.7 Å². The highest BCUT2D eigenvalue weighted by atomic mass is 35.5. The van der Waals surface area contributed by atoms with Crippen molar-refractivity contribution in [1.29, 1.82) is 0 Å². The van der Waals surface area contributed by atoms with Crippen molar-refractivity contribution in [2.75, 3.05) is 7.05 Å². The fourth-order valence-corrected chi connectivity index (χ4v) is 2.55. The third-order valence-corrected chi connectivity index (χ3v) is 3.49. The van der Waals surface area contributed by atoms with Gasteiger partial charge in [0.2, 0.25) is 0 Å². The van der Waals surface area contributed by atoms with Crippen molar-refractivity contribution in [2.24, 2.45) is 0 Å². The van der Waals surface area contributed by atoms with Crippen LogP contribution in [0, 0.1) is 0 Å². The molecule has 1 aliphatic carbocycles. The molecule has 0 bridgehead atoms. The normalized spacial score (nSPS) is 28.9. The van der Waals surface area contributed by atoms with Gasteiger partial charge < -0.3 is 5.32 Å². The highest BCUT2D eigenvalue weighted by molar-refractivity contribution is 6.31. The lowest BCUT2D eigenvalue weighted by molar-refractivity contribution is -0.127. The molecule has 0 aromatic heterocycles. The Labute approximate surface area is 116 Å². The smallest absolute Gasteiger partial charge is 0.157 e. The summed E-state index contributed by atoms with van der Waals surface area (Å²) in [4.78, 5) is 12.5. The van der Waals surface area contributed by atoms with Crippen LogP contribution < -0.4 is 5.32 Å². The zero-order valence-electron chi connectivity index (χ0n) is 11.6. The second-order valence-corrected chi connectivity index (χ2v) is 4.40. The van der Waals surface area contributed by atoms with Crippen LogP contribution in [-0.4, -0.2) is 12.8 Å². The summed E-state index contributed by atoms with van der Waals surface area (Å²) in [6.07, 6.45) is -0.281. The molecule has 0 amide bonds. The number of Topliss-reactive ketones (excluding diaryl/α,β-unsaturated/α-hetero) is 1. The predicted molar refractivity (Wildman–Crippen MR) is 72.9 cm³/mol. The molecule has 17 heavy (non-hydrogen) atoms.